The number of carbonyl (C=O) groups excluding carboxylic acids is 4. The molecule has 10 rings (SSSR count). The van der Waals surface area contributed by atoms with Gasteiger partial charge in [0, 0.05) is 60.2 Å². The summed E-state index contributed by atoms with van der Waals surface area (Å²) in [5.74, 6) is -4.46. The van der Waals surface area contributed by atoms with E-state index in [4.69, 9.17) is 21.4 Å². The van der Waals surface area contributed by atoms with Gasteiger partial charge in [0.2, 0.25) is 23.6 Å². The number of carbonyl (C=O) groups is 4. The minimum absolute atomic E-state index is 0.0256. The summed E-state index contributed by atoms with van der Waals surface area (Å²) in [6.45, 7) is 3.82. The molecule has 64 heavy (non-hydrogen) atoms. The van der Waals surface area contributed by atoms with Crippen molar-refractivity contribution in [2.24, 2.45) is 46.4 Å². The van der Waals surface area contributed by atoms with Crippen LogP contribution >= 0.6 is 22.9 Å². The first-order valence-electron chi connectivity index (χ1n) is 21.0. The Morgan fingerprint density at radius 2 is 1.58 bits per heavy atom. The Balaban J connectivity index is 1.00. The number of phenols is 1. The van der Waals surface area contributed by atoms with E-state index >= 15 is 9.59 Å². The molecular formula is C49H44ClN7O6S. The Morgan fingerprint density at radius 3 is 2.27 bits per heavy atom. The standard InChI is InChI=1S/C49H44ClN7O6S/c1-25-35-21-26(50)7-20-40(35)64-44(25)38-24-41(55(5)53-38)57-46(60)37-23-36-32(43(49(37,2)48(57)62)33-17-16-31(58)22-39(33)63-6)18-19-34-42(36)47(61)56(45(34)59)30-14-10-28(11-15-30)52-51-27-8-12-29(13-9-27)54(3)4/h7-18,20-22,24,34,36-37,42-43,58H,19,23H2,1-6H3. The Morgan fingerprint density at radius 1 is 0.875 bits per heavy atom. The van der Waals surface area contributed by atoms with Crippen molar-refractivity contribution in [1.82, 2.24) is 9.78 Å². The summed E-state index contributed by atoms with van der Waals surface area (Å²) in [5.41, 5.74) is 4.36. The molecule has 0 radical (unpaired) electrons. The zero-order valence-electron chi connectivity index (χ0n) is 35.9. The third-order valence-electron chi connectivity index (χ3n) is 13.8. The second-order valence-corrected chi connectivity index (χ2v) is 18.9. The van der Waals surface area contributed by atoms with Crippen LogP contribution in [-0.2, 0) is 26.2 Å². The van der Waals surface area contributed by atoms with Crippen LogP contribution < -0.4 is 19.4 Å². The van der Waals surface area contributed by atoms with E-state index in [2.05, 4.69) is 10.2 Å². The number of hydrogen-bond donors (Lipinski definition) is 1. The van der Waals surface area contributed by atoms with Gasteiger partial charge in [-0.05, 0) is 116 Å². The number of halogens is 1. The fourth-order valence-corrected chi connectivity index (χ4v) is 11.9. The zero-order valence-corrected chi connectivity index (χ0v) is 37.5. The van der Waals surface area contributed by atoms with Crippen molar-refractivity contribution in [3.05, 3.63) is 119 Å². The molecule has 4 amide bonds. The molecule has 2 aliphatic heterocycles. The molecule has 4 aromatic carbocycles. The van der Waals surface area contributed by atoms with Crippen LogP contribution in [0.4, 0.5) is 28.6 Å². The van der Waals surface area contributed by atoms with E-state index in [0.29, 0.717) is 44.9 Å². The van der Waals surface area contributed by atoms with Gasteiger partial charge >= 0.3 is 0 Å². The molecule has 0 spiro atoms. The number of thiophene rings is 1. The Bertz CT molecular complexity index is 3010. The predicted molar refractivity (Wildman–Crippen MR) is 247 cm³/mol. The molecule has 3 fully saturated rings. The molecule has 13 nitrogen and oxygen atoms in total. The summed E-state index contributed by atoms with van der Waals surface area (Å²) in [5, 5.41) is 25.7. The molecule has 2 aliphatic carbocycles. The highest BCUT2D eigenvalue weighted by Crippen LogP contribution is 2.65. The van der Waals surface area contributed by atoms with Crippen molar-refractivity contribution in [3.8, 4) is 22.1 Å². The highest BCUT2D eigenvalue weighted by atomic mass is 35.5. The molecule has 15 heteroatoms. The number of fused-ring (bicyclic) bond motifs is 5. The van der Waals surface area contributed by atoms with E-state index in [1.165, 1.54) is 29.0 Å². The quantitative estimate of drug-likeness (QED) is 0.0902. The molecule has 1 saturated carbocycles. The fraction of sp³-hybridized carbons (Fsp3) is 0.286. The number of aryl methyl sites for hydroxylation is 2. The van der Waals surface area contributed by atoms with Crippen molar-refractivity contribution in [1.29, 1.82) is 0 Å². The largest absolute Gasteiger partial charge is 0.508 e. The van der Waals surface area contributed by atoms with Gasteiger partial charge in [-0.2, -0.15) is 15.3 Å². The lowest BCUT2D eigenvalue weighted by molar-refractivity contribution is -0.131. The number of hydrogen-bond acceptors (Lipinski definition) is 11. The van der Waals surface area contributed by atoms with Gasteiger partial charge in [-0.25, -0.2) is 4.90 Å². The predicted octanol–water partition coefficient (Wildman–Crippen LogP) is 9.89. The minimum Gasteiger partial charge on any atom is -0.508 e. The molecule has 2 saturated heterocycles. The molecule has 6 unspecified atom stereocenters. The van der Waals surface area contributed by atoms with Gasteiger partial charge in [0.15, 0.2) is 0 Å². The van der Waals surface area contributed by atoms with Gasteiger partial charge in [-0.3, -0.25) is 28.8 Å². The smallest absolute Gasteiger partial charge is 0.242 e. The average molecular weight is 894 g/mol. The van der Waals surface area contributed by atoms with Gasteiger partial charge in [-0.1, -0.05) is 29.3 Å². The topological polar surface area (TPSA) is 150 Å². The van der Waals surface area contributed by atoms with E-state index in [0.717, 1.165) is 31.8 Å². The lowest BCUT2D eigenvalue weighted by atomic mass is 9.51. The van der Waals surface area contributed by atoms with Crippen LogP contribution in [0.25, 0.3) is 20.7 Å². The molecule has 6 atom stereocenters. The molecule has 6 aromatic rings. The normalized spacial score (nSPS) is 24.1. The lowest BCUT2D eigenvalue weighted by Crippen LogP contribution is -2.49. The molecule has 324 valence electrons. The maximum absolute atomic E-state index is 15.3. The number of aromatic hydroxyl groups is 1. The number of ether oxygens (including phenoxy) is 1. The van der Waals surface area contributed by atoms with Crippen molar-refractivity contribution < 1.29 is 29.0 Å². The Hall–Kier alpha value is -6.64. The van der Waals surface area contributed by atoms with Gasteiger partial charge in [0.1, 0.15) is 23.0 Å². The van der Waals surface area contributed by atoms with Crippen LogP contribution in [0, 0.1) is 36.0 Å². The summed E-state index contributed by atoms with van der Waals surface area (Å²) in [6.07, 6.45) is 2.43. The fourth-order valence-electron chi connectivity index (χ4n) is 10.6. The van der Waals surface area contributed by atoms with Crippen LogP contribution in [0.15, 0.2) is 113 Å². The van der Waals surface area contributed by atoms with Gasteiger partial charge < -0.3 is 14.7 Å². The second kappa shape index (κ2) is 15.3. The number of benzene rings is 4. The molecular weight excluding hydrogens is 850 g/mol. The number of anilines is 3. The molecule has 4 aliphatic rings. The number of methoxy groups -OCH3 is 1. The van der Waals surface area contributed by atoms with Crippen molar-refractivity contribution in [3.63, 3.8) is 0 Å². The number of rotatable bonds is 8. The lowest BCUT2D eigenvalue weighted by Gasteiger charge is -2.49. The van der Waals surface area contributed by atoms with Crippen LogP contribution in [0.2, 0.25) is 5.02 Å². The number of imide groups is 2. The van der Waals surface area contributed by atoms with E-state index < -0.39 is 46.8 Å². The van der Waals surface area contributed by atoms with Gasteiger partial charge in [0.25, 0.3) is 0 Å². The maximum atomic E-state index is 15.3. The summed E-state index contributed by atoms with van der Waals surface area (Å²) in [7, 11) is 7.14. The first kappa shape index (κ1) is 41.4. The number of allylic oxidation sites excluding steroid dienone is 2. The zero-order chi connectivity index (χ0) is 44.9. The number of phenolic OH excluding ortho intramolecular Hbond substituents is 1. The van der Waals surface area contributed by atoms with Crippen LogP contribution in [0.3, 0.4) is 0 Å². The molecule has 2 aromatic heterocycles. The van der Waals surface area contributed by atoms with Crippen molar-refractivity contribution in [2.45, 2.75) is 32.6 Å². The van der Waals surface area contributed by atoms with Gasteiger partial charge in [-0.15, -0.1) is 11.3 Å². The SMILES string of the molecule is COc1cc(O)ccc1C1C2=CCC3C(=O)N(c4ccc(N=Nc5ccc(N(C)C)cc5)cc4)C(=O)C3C2CC2C(=O)N(c3cc(-c4sc5ccc(Cl)cc5c4C)nn3C)C(=O)C21C. The Labute approximate surface area is 378 Å². The van der Waals surface area contributed by atoms with Gasteiger partial charge in [0.05, 0.1) is 52.2 Å². The van der Waals surface area contributed by atoms with Crippen molar-refractivity contribution >= 4 is 85.2 Å². The van der Waals surface area contributed by atoms with Crippen LogP contribution in [0.1, 0.15) is 36.8 Å². The third-order valence-corrected chi connectivity index (χ3v) is 15.3. The van der Waals surface area contributed by atoms with E-state index in [1.54, 1.807) is 59.5 Å². The highest BCUT2D eigenvalue weighted by Gasteiger charge is 2.68. The first-order valence-corrected chi connectivity index (χ1v) is 22.2. The number of amides is 4. The second-order valence-electron chi connectivity index (χ2n) is 17.4. The van der Waals surface area contributed by atoms with Crippen LogP contribution in [0.5, 0.6) is 11.5 Å². The van der Waals surface area contributed by atoms with E-state index in [-0.39, 0.29) is 30.4 Å². The molecule has 1 N–H and O–H groups in total. The monoisotopic (exact) mass is 893 g/mol. The molecule has 0 bridgehead atoms. The molecule has 4 heterocycles. The van der Waals surface area contributed by atoms with Crippen LogP contribution in [-0.4, -0.2) is 59.7 Å². The summed E-state index contributed by atoms with van der Waals surface area (Å²) in [6, 6.07) is 26.8. The summed E-state index contributed by atoms with van der Waals surface area (Å²) < 4.78 is 8.44. The highest BCUT2D eigenvalue weighted by molar-refractivity contribution is 7.22. The summed E-state index contributed by atoms with van der Waals surface area (Å²) >= 11 is 7.91. The van der Waals surface area contributed by atoms with E-state index in [1.807, 2.05) is 81.4 Å². The van der Waals surface area contributed by atoms with Crippen molar-refractivity contribution in [2.75, 3.05) is 35.9 Å². The Kier molecular flexibility index (Phi) is 9.87. The average Bonchev–Trinajstić information content (AvgIpc) is 3.96. The summed E-state index contributed by atoms with van der Waals surface area (Å²) in [4.78, 5) is 64.9. The number of aromatic nitrogens is 2. The number of nitrogens with zero attached hydrogens (tertiary/aromatic N) is 7. The number of azo groups is 1. The third kappa shape index (κ3) is 6.28. The van der Waals surface area contributed by atoms with E-state index in [9.17, 15) is 14.7 Å². The first-order chi connectivity index (χ1) is 30.7. The minimum atomic E-state index is -1.34. The maximum Gasteiger partial charge on any atom is 0.242 e.